The van der Waals surface area contributed by atoms with Gasteiger partial charge in [0, 0.05) is 0 Å². The van der Waals surface area contributed by atoms with Crippen LogP contribution < -0.4 is 0 Å². The van der Waals surface area contributed by atoms with Crippen molar-refractivity contribution in [2.24, 2.45) is 11.8 Å². The van der Waals surface area contributed by atoms with Gasteiger partial charge < -0.3 is 0 Å². The average Bonchev–Trinajstić information content (AvgIpc) is 2.06. The SMILES string of the molecule is C=C1C=CC[C@H]2CCCC[C@H]12. The summed E-state index contributed by atoms with van der Waals surface area (Å²) >= 11 is 0. The predicted molar refractivity (Wildman–Crippen MR) is 48.3 cm³/mol. The minimum Gasteiger partial charge on any atom is -0.0956 e. The van der Waals surface area contributed by atoms with Gasteiger partial charge >= 0.3 is 0 Å². The van der Waals surface area contributed by atoms with Gasteiger partial charge in [0.05, 0.1) is 0 Å². The standard InChI is InChI=1S/C11H16/c1-9-5-4-7-10-6-2-3-8-11(9)10/h4-5,10-11H,1-3,6-8H2/t10-,11-/m1/s1. The number of fused-ring (bicyclic) bond motifs is 1. The summed E-state index contributed by atoms with van der Waals surface area (Å²) in [7, 11) is 0. The normalized spacial score (nSPS) is 36.9. The first-order valence-corrected chi connectivity index (χ1v) is 4.73. The Morgan fingerprint density at radius 1 is 1.27 bits per heavy atom. The zero-order valence-electron chi connectivity index (χ0n) is 7.05. The number of hydrogen-bond acceptors (Lipinski definition) is 0. The highest BCUT2D eigenvalue weighted by Gasteiger charge is 2.27. The maximum atomic E-state index is 4.11. The molecular formula is C11H16. The molecule has 0 nitrogen and oxygen atoms in total. The smallest absolute Gasteiger partial charge is 0.0137 e. The molecule has 2 aliphatic rings. The third-order valence-corrected chi connectivity index (χ3v) is 3.16. The summed E-state index contributed by atoms with van der Waals surface area (Å²) in [6, 6.07) is 0. The summed E-state index contributed by atoms with van der Waals surface area (Å²) in [5, 5.41) is 0. The van der Waals surface area contributed by atoms with E-state index in [0.717, 1.165) is 11.8 Å². The fourth-order valence-electron chi connectivity index (χ4n) is 2.50. The van der Waals surface area contributed by atoms with Crippen LogP contribution in [0.2, 0.25) is 0 Å². The molecule has 2 atom stereocenters. The lowest BCUT2D eigenvalue weighted by atomic mass is 9.71. The van der Waals surface area contributed by atoms with Crippen molar-refractivity contribution in [3.8, 4) is 0 Å². The Kier molecular flexibility index (Phi) is 1.85. The Morgan fingerprint density at radius 3 is 2.91 bits per heavy atom. The first-order valence-electron chi connectivity index (χ1n) is 4.73. The Labute approximate surface area is 69.0 Å². The average molecular weight is 148 g/mol. The molecule has 60 valence electrons. The van der Waals surface area contributed by atoms with Crippen molar-refractivity contribution in [2.45, 2.75) is 32.1 Å². The zero-order valence-corrected chi connectivity index (χ0v) is 7.05. The quantitative estimate of drug-likeness (QED) is 0.494. The lowest BCUT2D eigenvalue weighted by Gasteiger charge is -2.34. The van der Waals surface area contributed by atoms with Gasteiger partial charge in [-0.05, 0) is 31.1 Å². The molecule has 0 aromatic rings. The minimum absolute atomic E-state index is 0.841. The van der Waals surface area contributed by atoms with Crippen molar-refractivity contribution in [3.63, 3.8) is 0 Å². The molecule has 0 bridgehead atoms. The largest absolute Gasteiger partial charge is 0.0956 e. The van der Waals surface area contributed by atoms with E-state index >= 15 is 0 Å². The van der Waals surface area contributed by atoms with E-state index in [1.165, 1.54) is 37.7 Å². The molecule has 2 aliphatic carbocycles. The third kappa shape index (κ3) is 1.26. The monoisotopic (exact) mass is 148 g/mol. The number of hydrogen-bond donors (Lipinski definition) is 0. The summed E-state index contributed by atoms with van der Waals surface area (Å²) in [5.74, 6) is 1.79. The van der Waals surface area contributed by atoms with E-state index in [1.807, 2.05) is 0 Å². The molecule has 2 rings (SSSR count). The van der Waals surface area contributed by atoms with E-state index in [1.54, 1.807) is 0 Å². The molecule has 0 aromatic carbocycles. The van der Waals surface area contributed by atoms with E-state index in [9.17, 15) is 0 Å². The third-order valence-electron chi connectivity index (χ3n) is 3.16. The van der Waals surface area contributed by atoms with Gasteiger partial charge in [0.1, 0.15) is 0 Å². The van der Waals surface area contributed by atoms with Crippen LogP contribution >= 0.6 is 0 Å². The Balaban J connectivity index is 2.14. The van der Waals surface area contributed by atoms with E-state index in [-0.39, 0.29) is 0 Å². The molecule has 0 saturated heterocycles. The van der Waals surface area contributed by atoms with Crippen molar-refractivity contribution >= 4 is 0 Å². The van der Waals surface area contributed by atoms with E-state index < -0.39 is 0 Å². The van der Waals surface area contributed by atoms with E-state index in [2.05, 4.69) is 18.7 Å². The van der Waals surface area contributed by atoms with Gasteiger partial charge in [-0.2, -0.15) is 0 Å². The Morgan fingerprint density at radius 2 is 2.09 bits per heavy atom. The van der Waals surface area contributed by atoms with Crippen LogP contribution in [-0.4, -0.2) is 0 Å². The van der Waals surface area contributed by atoms with Crippen LogP contribution in [-0.2, 0) is 0 Å². The topological polar surface area (TPSA) is 0 Å². The second-order valence-corrected chi connectivity index (χ2v) is 3.86. The maximum absolute atomic E-state index is 4.11. The Hall–Kier alpha value is -0.520. The van der Waals surface area contributed by atoms with Crippen LogP contribution in [0.3, 0.4) is 0 Å². The summed E-state index contributed by atoms with van der Waals surface area (Å²) in [5.41, 5.74) is 1.39. The molecule has 0 N–H and O–H groups in total. The summed E-state index contributed by atoms with van der Waals surface area (Å²) < 4.78 is 0. The number of allylic oxidation sites excluding steroid dienone is 3. The first-order chi connectivity index (χ1) is 5.38. The highest BCUT2D eigenvalue weighted by Crippen LogP contribution is 2.39. The lowest BCUT2D eigenvalue weighted by Crippen LogP contribution is -2.22. The van der Waals surface area contributed by atoms with Crippen LogP contribution in [0.4, 0.5) is 0 Å². The summed E-state index contributed by atoms with van der Waals surface area (Å²) in [4.78, 5) is 0. The molecule has 0 heterocycles. The predicted octanol–water partition coefficient (Wildman–Crippen LogP) is 3.31. The molecule has 0 amide bonds. The van der Waals surface area contributed by atoms with Gasteiger partial charge in [-0.3, -0.25) is 0 Å². The van der Waals surface area contributed by atoms with Crippen LogP contribution in [0.25, 0.3) is 0 Å². The van der Waals surface area contributed by atoms with Crippen LogP contribution in [0.5, 0.6) is 0 Å². The molecule has 1 fully saturated rings. The van der Waals surface area contributed by atoms with Gasteiger partial charge in [-0.25, -0.2) is 0 Å². The maximum Gasteiger partial charge on any atom is -0.0137 e. The highest BCUT2D eigenvalue weighted by atomic mass is 14.3. The fourth-order valence-corrected chi connectivity index (χ4v) is 2.50. The van der Waals surface area contributed by atoms with Crippen molar-refractivity contribution in [2.75, 3.05) is 0 Å². The second kappa shape index (κ2) is 2.84. The van der Waals surface area contributed by atoms with Crippen molar-refractivity contribution in [3.05, 3.63) is 24.3 Å². The molecule has 0 radical (unpaired) electrons. The molecule has 0 unspecified atom stereocenters. The van der Waals surface area contributed by atoms with Crippen molar-refractivity contribution < 1.29 is 0 Å². The molecule has 0 heteroatoms. The molecule has 11 heavy (non-hydrogen) atoms. The first kappa shape index (κ1) is 7.15. The van der Waals surface area contributed by atoms with Crippen LogP contribution in [0.15, 0.2) is 24.3 Å². The van der Waals surface area contributed by atoms with E-state index in [0.29, 0.717) is 0 Å². The van der Waals surface area contributed by atoms with E-state index in [4.69, 9.17) is 0 Å². The molecule has 0 aliphatic heterocycles. The van der Waals surface area contributed by atoms with Crippen molar-refractivity contribution in [1.82, 2.24) is 0 Å². The Bertz CT molecular complexity index is 188. The molecular weight excluding hydrogens is 132 g/mol. The zero-order chi connectivity index (χ0) is 7.68. The van der Waals surface area contributed by atoms with Gasteiger partial charge in [-0.15, -0.1) is 0 Å². The number of rotatable bonds is 0. The minimum atomic E-state index is 0.841. The molecule has 0 aromatic heterocycles. The van der Waals surface area contributed by atoms with Crippen LogP contribution in [0.1, 0.15) is 32.1 Å². The summed E-state index contributed by atoms with van der Waals surface area (Å²) in [6.07, 6.45) is 11.5. The second-order valence-electron chi connectivity index (χ2n) is 3.86. The van der Waals surface area contributed by atoms with Crippen molar-refractivity contribution in [1.29, 1.82) is 0 Å². The molecule has 0 spiro atoms. The van der Waals surface area contributed by atoms with Crippen LogP contribution in [0, 0.1) is 11.8 Å². The van der Waals surface area contributed by atoms with Gasteiger partial charge in [0.25, 0.3) is 0 Å². The lowest BCUT2D eigenvalue weighted by molar-refractivity contribution is 0.271. The van der Waals surface area contributed by atoms with Gasteiger partial charge in [-0.1, -0.05) is 37.1 Å². The van der Waals surface area contributed by atoms with Gasteiger partial charge in [0.2, 0.25) is 0 Å². The highest BCUT2D eigenvalue weighted by molar-refractivity contribution is 5.23. The molecule has 1 saturated carbocycles. The fraction of sp³-hybridized carbons (Fsp3) is 0.636. The van der Waals surface area contributed by atoms with Gasteiger partial charge in [0.15, 0.2) is 0 Å². The summed E-state index contributed by atoms with van der Waals surface area (Å²) in [6.45, 7) is 4.11.